The van der Waals surface area contributed by atoms with Crippen LogP contribution in [0.1, 0.15) is 40.8 Å². The molecule has 220 valence electrons. The number of hydrogen-bond acceptors (Lipinski definition) is 9. The van der Waals surface area contributed by atoms with Crippen molar-refractivity contribution >= 4 is 11.8 Å². The topological polar surface area (TPSA) is 85.1 Å². The standard InChI is InChI=1S/C32H37N5O4S/c1-21-33-32-37(34-21)31(38)30(42-32)28(24-19-25(39-2)29(41-4)26(20-24)40-3)36-17-15-35(16-18-36)27(22-11-7-5-8-12-22)23-13-9-6-10-14-23/h5-14,19-20,27-28,30-31,38H,15-18H2,1-4H3. The first-order valence-corrected chi connectivity index (χ1v) is 15.1. The highest BCUT2D eigenvalue weighted by atomic mass is 32.2. The minimum Gasteiger partial charge on any atom is -0.493 e. The number of hydrogen-bond donors (Lipinski definition) is 1. The average molecular weight is 588 g/mol. The number of aliphatic hydroxyl groups excluding tert-OH is 1. The van der Waals surface area contributed by atoms with Crippen LogP contribution in [0.15, 0.2) is 78.0 Å². The number of piperazine rings is 1. The van der Waals surface area contributed by atoms with E-state index in [1.54, 1.807) is 37.8 Å². The normalized spacial score (nSPS) is 20.0. The molecule has 1 N–H and O–H groups in total. The molecule has 3 atom stereocenters. The van der Waals surface area contributed by atoms with Gasteiger partial charge in [0.2, 0.25) is 5.75 Å². The monoisotopic (exact) mass is 587 g/mol. The van der Waals surface area contributed by atoms with Gasteiger partial charge in [-0.2, -0.15) is 5.10 Å². The Morgan fingerprint density at radius 3 is 1.83 bits per heavy atom. The average Bonchev–Trinajstić information content (AvgIpc) is 3.54. The minimum atomic E-state index is -0.824. The fraction of sp³-hybridized carbons (Fsp3) is 0.375. The second kappa shape index (κ2) is 12.3. The van der Waals surface area contributed by atoms with Gasteiger partial charge >= 0.3 is 0 Å². The fourth-order valence-corrected chi connectivity index (χ4v) is 7.63. The number of benzene rings is 3. The van der Waals surface area contributed by atoms with Gasteiger partial charge in [-0.25, -0.2) is 9.67 Å². The zero-order chi connectivity index (χ0) is 29.2. The summed E-state index contributed by atoms with van der Waals surface area (Å²) < 4.78 is 18.7. The molecular formula is C32H37N5O4S. The number of nitrogens with zero attached hydrogens (tertiary/aromatic N) is 5. The SMILES string of the molecule is COc1cc(C(C2Sc3nc(C)nn3C2O)N2CCN(C(c3ccccc3)c3ccccc3)CC2)cc(OC)c1OC. The van der Waals surface area contributed by atoms with Gasteiger partial charge in [0, 0.05) is 26.2 Å². The number of thioether (sulfide) groups is 1. The van der Waals surface area contributed by atoms with Crippen LogP contribution >= 0.6 is 11.8 Å². The highest BCUT2D eigenvalue weighted by molar-refractivity contribution is 8.00. The van der Waals surface area contributed by atoms with Gasteiger partial charge in [0.25, 0.3) is 0 Å². The van der Waals surface area contributed by atoms with Crippen LogP contribution in [0, 0.1) is 6.92 Å². The predicted molar refractivity (Wildman–Crippen MR) is 162 cm³/mol. The number of fused-ring (bicyclic) bond motifs is 1. The van der Waals surface area contributed by atoms with E-state index < -0.39 is 6.23 Å². The second-order valence-electron chi connectivity index (χ2n) is 10.6. The molecule has 42 heavy (non-hydrogen) atoms. The fourth-order valence-electron chi connectivity index (χ4n) is 6.25. The molecule has 1 aromatic heterocycles. The molecule has 2 aliphatic heterocycles. The molecule has 6 rings (SSSR count). The van der Waals surface area contributed by atoms with E-state index in [2.05, 4.69) is 80.5 Å². The summed E-state index contributed by atoms with van der Waals surface area (Å²) in [6.45, 7) is 5.21. The van der Waals surface area contributed by atoms with Crippen LogP contribution < -0.4 is 14.2 Å². The lowest BCUT2D eigenvalue weighted by Gasteiger charge is -2.44. The van der Waals surface area contributed by atoms with E-state index in [4.69, 9.17) is 14.2 Å². The van der Waals surface area contributed by atoms with Gasteiger partial charge in [-0.3, -0.25) is 9.80 Å². The maximum absolute atomic E-state index is 11.5. The Kier molecular flexibility index (Phi) is 8.39. The van der Waals surface area contributed by atoms with Crippen molar-refractivity contribution in [3.63, 3.8) is 0 Å². The lowest BCUT2D eigenvalue weighted by Crippen LogP contribution is -2.51. The van der Waals surface area contributed by atoms with Gasteiger partial charge in [0.1, 0.15) is 5.82 Å². The number of aromatic nitrogens is 3. The van der Waals surface area contributed by atoms with E-state index in [9.17, 15) is 5.11 Å². The van der Waals surface area contributed by atoms with Crippen molar-refractivity contribution in [1.82, 2.24) is 24.6 Å². The predicted octanol–water partition coefficient (Wildman–Crippen LogP) is 4.73. The van der Waals surface area contributed by atoms with E-state index in [0.29, 0.717) is 23.1 Å². The molecule has 4 aromatic rings. The highest BCUT2D eigenvalue weighted by Crippen LogP contribution is 2.49. The molecule has 3 aromatic carbocycles. The Balaban J connectivity index is 1.33. The molecule has 0 saturated carbocycles. The first kappa shape index (κ1) is 28.5. The lowest BCUT2D eigenvalue weighted by atomic mass is 9.95. The van der Waals surface area contributed by atoms with E-state index in [0.717, 1.165) is 36.9 Å². The van der Waals surface area contributed by atoms with Crippen molar-refractivity contribution < 1.29 is 19.3 Å². The van der Waals surface area contributed by atoms with Crippen molar-refractivity contribution in [1.29, 1.82) is 0 Å². The summed E-state index contributed by atoms with van der Waals surface area (Å²) in [5.74, 6) is 2.38. The summed E-state index contributed by atoms with van der Waals surface area (Å²) in [5.41, 5.74) is 3.55. The number of aliphatic hydroxyl groups is 1. The number of ether oxygens (including phenoxy) is 3. The smallest absolute Gasteiger partial charge is 0.203 e. The summed E-state index contributed by atoms with van der Waals surface area (Å²) >= 11 is 1.57. The largest absolute Gasteiger partial charge is 0.493 e. The lowest BCUT2D eigenvalue weighted by molar-refractivity contribution is 0.0276. The zero-order valence-electron chi connectivity index (χ0n) is 24.4. The first-order valence-electron chi connectivity index (χ1n) is 14.2. The van der Waals surface area contributed by atoms with Crippen molar-refractivity contribution in [2.75, 3.05) is 47.5 Å². The first-order chi connectivity index (χ1) is 20.5. The minimum absolute atomic E-state index is 0.156. The summed E-state index contributed by atoms with van der Waals surface area (Å²) in [4.78, 5) is 9.59. The van der Waals surface area contributed by atoms with Crippen LogP contribution in [-0.4, -0.2) is 82.4 Å². The molecule has 0 spiro atoms. The van der Waals surface area contributed by atoms with Crippen LogP contribution in [0.4, 0.5) is 0 Å². The number of aryl methyl sites for hydroxylation is 1. The maximum Gasteiger partial charge on any atom is 0.203 e. The molecule has 10 heteroatoms. The van der Waals surface area contributed by atoms with Crippen LogP contribution in [-0.2, 0) is 0 Å². The molecule has 0 radical (unpaired) electrons. The Bertz CT molecular complexity index is 1430. The van der Waals surface area contributed by atoms with E-state index in [1.807, 2.05) is 19.1 Å². The molecular weight excluding hydrogens is 550 g/mol. The zero-order valence-corrected chi connectivity index (χ0v) is 25.2. The van der Waals surface area contributed by atoms with Crippen LogP contribution in [0.2, 0.25) is 0 Å². The van der Waals surface area contributed by atoms with Gasteiger partial charge in [-0.15, -0.1) is 0 Å². The van der Waals surface area contributed by atoms with Gasteiger partial charge in [0.05, 0.1) is 38.7 Å². The Labute approximate surface area is 251 Å². The highest BCUT2D eigenvalue weighted by Gasteiger charge is 2.44. The van der Waals surface area contributed by atoms with Crippen LogP contribution in [0.5, 0.6) is 17.2 Å². The molecule has 1 saturated heterocycles. The Morgan fingerprint density at radius 1 is 0.786 bits per heavy atom. The van der Waals surface area contributed by atoms with E-state index >= 15 is 0 Å². The molecule has 3 heterocycles. The molecule has 0 amide bonds. The summed E-state index contributed by atoms with van der Waals surface area (Å²) in [6.07, 6.45) is -0.824. The maximum atomic E-state index is 11.5. The van der Waals surface area contributed by atoms with E-state index in [1.165, 1.54) is 11.1 Å². The van der Waals surface area contributed by atoms with Crippen LogP contribution in [0.25, 0.3) is 0 Å². The second-order valence-corrected chi connectivity index (χ2v) is 11.7. The molecule has 9 nitrogen and oxygen atoms in total. The van der Waals surface area contributed by atoms with Gasteiger partial charge in [-0.05, 0) is 35.7 Å². The number of methoxy groups -OCH3 is 3. The molecule has 2 aliphatic rings. The Morgan fingerprint density at radius 2 is 1.33 bits per heavy atom. The van der Waals surface area contributed by atoms with Gasteiger partial charge < -0.3 is 19.3 Å². The third-order valence-electron chi connectivity index (χ3n) is 8.17. The quantitative estimate of drug-likeness (QED) is 0.299. The van der Waals surface area contributed by atoms with Crippen molar-refractivity contribution in [3.05, 3.63) is 95.3 Å². The summed E-state index contributed by atoms with van der Waals surface area (Å²) in [5, 5.41) is 16.5. The molecule has 3 unspecified atom stereocenters. The third-order valence-corrected chi connectivity index (χ3v) is 9.43. The Hall–Kier alpha value is -3.57. The van der Waals surface area contributed by atoms with Crippen molar-refractivity contribution in [2.45, 2.75) is 35.6 Å². The summed E-state index contributed by atoms with van der Waals surface area (Å²) in [6, 6.07) is 25.4. The molecule has 0 aliphatic carbocycles. The molecule has 0 bridgehead atoms. The van der Waals surface area contributed by atoms with E-state index in [-0.39, 0.29) is 17.3 Å². The van der Waals surface area contributed by atoms with Gasteiger partial charge in [-0.1, -0.05) is 72.4 Å². The van der Waals surface area contributed by atoms with Gasteiger partial charge in [0.15, 0.2) is 22.9 Å². The van der Waals surface area contributed by atoms with Crippen LogP contribution in [0.3, 0.4) is 0 Å². The molecule has 1 fully saturated rings. The third kappa shape index (κ3) is 5.35. The van der Waals surface area contributed by atoms with Crippen molar-refractivity contribution in [2.24, 2.45) is 0 Å². The van der Waals surface area contributed by atoms with Crippen molar-refractivity contribution in [3.8, 4) is 17.2 Å². The summed E-state index contributed by atoms with van der Waals surface area (Å²) in [7, 11) is 4.86. The number of rotatable bonds is 9.